The van der Waals surface area contributed by atoms with Crippen LogP contribution < -0.4 is 5.32 Å². The van der Waals surface area contributed by atoms with Gasteiger partial charge >= 0.3 is 5.97 Å². The number of benzene rings is 1. The molecule has 0 spiro atoms. The topological polar surface area (TPSA) is 69.6 Å². The molecule has 0 saturated carbocycles. The van der Waals surface area contributed by atoms with Gasteiger partial charge in [0.25, 0.3) is 0 Å². The summed E-state index contributed by atoms with van der Waals surface area (Å²) >= 11 is 0. The Hall–Kier alpha value is -1.39. The highest BCUT2D eigenvalue weighted by Crippen LogP contribution is 2.24. The zero-order valence-corrected chi connectivity index (χ0v) is 11.6. The van der Waals surface area contributed by atoms with Gasteiger partial charge in [0.15, 0.2) is 0 Å². The summed E-state index contributed by atoms with van der Waals surface area (Å²) in [7, 11) is 0. The third-order valence-corrected chi connectivity index (χ3v) is 3.90. The molecule has 0 aliphatic carbocycles. The van der Waals surface area contributed by atoms with Gasteiger partial charge in [0.05, 0.1) is 5.56 Å². The van der Waals surface area contributed by atoms with Gasteiger partial charge in [-0.05, 0) is 24.5 Å². The van der Waals surface area contributed by atoms with Crippen LogP contribution in [0.4, 0.5) is 0 Å². The molecule has 0 fully saturated rings. The molecule has 106 valence electrons. The van der Waals surface area contributed by atoms with E-state index in [4.69, 9.17) is 5.11 Å². The van der Waals surface area contributed by atoms with E-state index in [-0.39, 0.29) is 12.0 Å². The quantitative estimate of drug-likeness (QED) is 0.674. The van der Waals surface area contributed by atoms with Crippen LogP contribution in [0, 0.1) is 5.41 Å². The van der Waals surface area contributed by atoms with Crippen molar-refractivity contribution in [1.82, 2.24) is 5.32 Å². The molecule has 0 atom stereocenters. The van der Waals surface area contributed by atoms with Gasteiger partial charge in [-0.3, -0.25) is 0 Å². The minimum absolute atomic E-state index is 0.113. The lowest BCUT2D eigenvalue weighted by molar-refractivity contribution is 0.0695. The Labute approximate surface area is 114 Å². The molecule has 4 heteroatoms. The second-order valence-corrected chi connectivity index (χ2v) is 4.93. The van der Waals surface area contributed by atoms with Gasteiger partial charge in [-0.25, -0.2) is 4.79 Å². The summed E-state index contributed by atoms with van der Waals surface area (Å²) in [6, 6.07) is 6.98. The van der Waals surface area contributed by atoms with Gasteiger partial charge in [0.2, 0.25) is 0 Å². The third-order valence-electron chi connectivity index (χ3n) is 3.90. The highest BCUT2D eigenvalue weighted by molar-refractivity contribution is 5.89. The number of rotatable bonds is 8. The lowest BCUT2D eigenvalue weighted by Gasteiger charge is -2.29. The van der Waals surface area contributed by atoms with Gasteiger partial charge in [-0.1, -0.05) is 32.0 Å². The Balaban J connectivity index is 2.65. The van der Waals surface area contributed by atoms with Crippen molar-refractivity contribution in [1.29, 1.82) is 0 Å². The fraction of sp³-hybridized carbons (Fsp3) is 0.533. The van der Waals surface area contributed by atoms with Crippen molar-refractivity contribution in [3.8, 4) is 0 Å². The van der Waals surface area contributed by atoms with Crippen LogP contribution >= 0.6 is 0 Å². The summed E-state index contributed by atoms with van der Waals surface area (Å²) < 4.78 is 0. The fourth-order valence-corrected chi connectivity index (χ4v) is 2.12. The first kappa shape index (κ1) is 15.7. The molecule has 1 rings (SSSR count). The largest absolute Gasteiger partial charge is 0.478 e. The molecule has 1 aromatic carbocycles. The number of carbonyl (C=O) groups is 1. The van der Waals surface area contributed by atoms with E-state index in [2.05, 4.69) is 19.2 Å². The van der Waals surface area contributed by atoms with Crippen molar-refractivity contribution in [3.05, 3.63) is 35.4 Å². The van der Waals surface area contributed by atoms with Gasteiger partial charge in [-0.15, -0.1) is 0 Å². The van der Waals surface area contributed by atoms with Crippen molar-refractivity contribution in [3.63, 3.8) is 0 Å². The Morgan fingerprint density at radius 1 is 1.26 bits per heavy atom. The van der Waals surface area contributed by atoms with Crippen LogP contribution in [-0.4, -0.2) is 29.3 Å². The first-order valence-corrected chi connectivity index (χ1v) is 6.71. The minimum atomic E-state index is -0.906. The Morgan fingerprint density at radius 3 is 2.42 bits per heavy atom. The number of aromatic carboxylic acids is 1. The average Bonchev–Trinajstić information content (AvgIpc) is 2.44. The molecule has 0 unspecified atom stereocenters. The summed E-state index contributed by atoms with van der Waals surface area (Å²) in [6.45, 7) is 5.46. The highest BCUT2D eigenvalue weighted by Gasteiger charge is 2.24. The van der Waals surface area contributed by atoms with Crippen LogP contribution in [0.2, 0.25) is 0 Å². The van der Waals surface area contributed by atoms with Crippen molar-refractivity contribution in [2.24, 2.45) is 5.41 Å². The summed E-state index contributed by atoms with van der Waals surface area (Å²) in [6.07, 6.45) is 1.79. The van der Waals surface area contributed by atoms with Crippen LogP contribution in [0.25, 0.3) is 0 Å². The normalized spacial score (nSPS) is 11.5. The molecule has 19 heavy (non-hydrogen) atoms. The van der Waals surface area contributed by atoms with E-state index in [0.717, 1.165) is 18.4 Å². The van der Waals surface area contributed by atoms with Crippen LogP contribution in [0.1, 0.15) is 42.6 Å². The van der Waals surface area contributed by atoms with Crippen LogP contribution in [0.15, 0.2) is 24.3 Å². The third kappa shape index (κ3) is 4.04. The summed E-state index contributed by atoms with van der Waals surface area (Å²) in [4.78, 5) is 11.1. The molecule has 1 aromatic rings. The van der Waals surface area contributed by atoms with E-state index >= 15 is 0 Å². The monoisotopic (exact) mass is 265 g/mol. The van der Waals surface area contributed by atoms with E-state index in [1.165, 1.54) is 0 Å². The number of hydrogen-bond donors (Lipinski definition) is 3. The van der Waals surface area contributed by atoms with Crippen molar-refractivity contribution < 1.29 is 15.0 Å². The molecule has 0 heterocycles. The predicted octanol–water partition coefficient (Wildman–Crippen LogP) is 2.27. The molecule has 0 aliphatic heterocycles. The summed E-state index contributed by atoms with van der Waals surface area (Å²) in [5.41, 5.74) is 0.990. The van der Waals surface area contributed by atoms with Gasteiger partial charge in [0.1, 0.15) is 0 Å². The lowest BCUT2D eigenvalue weighted by atomic mass is 9.83. The molecular weight excluding hydrogens is 242 g/mol. The zero-order valence-electron chi connectivity index (χ0n) is 11.6. The van der Waals surface area contributed by atoms with Crippen molar-refractivity contribution >= 4 is 5.97 Å². The molecule has 0 radical (unpaired) electrons. The zero-order chi connectivity index (χ0) is 14.3. The van der Waals surface area contributed by atoms with Crippen molar-refractivity contribution in [2.75, 3.05) is 13.2 Å². The van der Waals surface area contributed by atoms with Crippen molar-refractivity contribution in [2.45, 2.75) is 33.2 Å². The smallest absolute Gasteiger partial charge is 0.336 e. The molecule has 3 N–H and O–H groups in total. The number of aliphatic hydroxyl groups is 1. The molecular formula is C15H23NO3. The lowest BCUT2D eigenvalue weighted by Crippen LogP contribution is -2.36. The second-order valence-electron chi connectivity index (χ2n) is 4.93. The maximum atomic E-state index is 11.1. The van der Waals surface area contributed by atoms with Gasteiger partial charge in [0, 0.05) is 25.1 Å². The van der Waals surface area contributed by atoms with Crippen LogP contribution in [0.3, 0.4) is 0 Å². The summed E-state index contributed by atoms with van der Waals surface area (Å²) in [5, 5.41) is 21.8. The van der Waals surface area contributed by atoms with Gasteiger partial charge < -0.3 is 15.5 Å². The fourth-order valence-electron chi connectivity index (χ4n) is 2.12. The Morgan fingerprint density at radius 2 is 1.89 bits per heavy atom. The standard InChI is InChI=1S/C15H23NO3/c1-3-15(4-2,11-17)10-16-9-12-7-5-6-8-13(12)14(18)19/h5-8,16-17H,3-4,9-11H2,1-2H3,(H,18,19). The molecule has 4 nitrogen and oxygen atoms in total. The highest BCUT2D eigenvalue weighted by atomic mass is 16.4. The Kier molecular flexibility index (Phi) is 5.99. The molecule has 0 aromatic heterocycles. The predicted molar refractivity (Wildman–Crippen MR) is 75.2 cm³/mol. The number of carboxylic acid groups (broad SMARTS) is 1. The number of hydrogen-bond acceptors (Lipinski definition) is 3. The minimum Gasteiger partial charge on any atom is -0.478 e. The molecule has 0 bridgehead atoms. The van der Waals surface area contributed by atoms with E-state index in [1.807, 2.05) is 12.1 Å². The maximum Gasteiger partial charge on any atom is 0.336 e. The number of carboxylic acids is 1. The second kappa shape index (κ2) is 7.26. The SMILES string of the molecule is CCC(CC)(CO)CNCc1ccccc1C(=O)O. The Bertz CT molecular complexity index is 405. The molecule has 0 saturated heterocycles. The van der Waals surface area contributed by atoms with E-state index < -0.39 is 5.97 Å². The number of nitrogens with one attached hydrogen (secondary N) is 1. The molecule has 0 aliphatic rings. The first-order valence-electron chi connectivity index (χ1n) is 6.71. The van der Waals surface area contributed by atoms with Gasteiger partial charge in [-0.2, -0.15) is 0 Å². The van der Waals surface area contributed by atoms with Crippen LogP contribution in [-0.2, 0) is 6.54 Å². The first-order chi connectivity index (χ1) is 9.08. The van der Waals surface area contributed by atoms with E-state index in [0.29, 0.717) is 18.7 Å². The average molecular weight is 265 g/mol. The molecule has 0 amide bonds. The van der Waals surface area contributed by atoms with E-state index in [1.54, 1.807) is 12.1 Å². The maximum absolute atomic E-state index is 11.1. The summed E-state index contributed by atoms with van der Waals surface area (Å²) in [5.74, 6) is -0.906. The van der Waals surface area contributed by atoms with E-state index in [9.17, 15) is 9.90 Å². The van der Waals surface area contributed by atoms with Crippen LogP contribution in [0.5, 0.6) is 0 Å². The number of aliphatic hydroxyl groups excluding tert-OH is 1.